The van der Waals surface area contributed by atoms with E-state index in [-0.39, 0.29) is 5.78 Å². The number of hydrogen-bond donors (Lipinski definition) is 0. The maximum Gasteiger partial charge on any atom is 0.200 e. The fourth-order valence-corrected chi connectivity index (χ4v) is 5.37. The van der Waals surface area contributed by atoms with E-state index in [1.54, 1.807) is 11.8 Å². The first-order chi connectivity index (χ1) is 15.3. The van der Waals surface area contributed by atoms with Crippen molar-refractivity contribution < 1.29 is 4.79 Å². The third-order valence-corrected chi connectivity index (χ3v) is 6.95. The minimum atomic E-state index is 0.118. The molecule has 0 N–H and O–H groups in total. The molecule has 0 saturated carbocycles. The molecule has 31 heavy (non-hydrogen) atoms. The number of aromatic nitrogens is 1. The van der Waals surface area contributed by atoms with Crippen molar-refractivity contribution in [3.8, 4) is 0 Å². The normalized spacial score (nSPS) is 14.6. The first-order valence-corrected chi connectivity index (χ1v) is 11.2. The highest BCUT2D eigenvalue weighted by molar-refractivity contribution is 8.04. The van der Waals surface area contributed by atoms with Gasteiger partial charge in [-0.2, -0.15) is 0 Å². The average Bonchev–Trinajstić information content (AvgIpc) is 3.32. The molecule has 0 fully saturated rings. The highest BCUT2D eigenvalue weighted by Crippen LogP contribution is 2.41. The van der Waals surface area contributed by atoms with Crippen LogP contribution >= 0.6 is 11.8 Å². The van der Waals surface area contributed by atoms with Gasteiger partial charge in [-0.1, -0.05) is 78.5 Å². The van der Waals surface area contributed by atoms with E-state index in [1.165, 1.54) is 27.2 Å². The zero-order chi connectivity index (χ0) is 20.8. The van der Waals surface area contributed by atoms with E-state index in [2.05, 4.69) is 77.5 Å². The topological polar surface area (TPSA) is 22.0 Å². The zero-order valence-corrected chi connectivity index (χ0v) is 17.6. The minimum absolute atomic E-state index is 0.118. The van der Waals surface area contributed by atoms with Crippen molar-refractivity contribution in [1.82, 2.24) is 4.57 Å². The third kappa shape index (κ3) is 3.18. The van der Waals surface area contributed by atoms with Gasteiger partial charge >= 0.3 is 0 Å². The Morgan fingerprint density at radius 3 is 2.48 bits per heavy atom. The van der Waals surface area contributed by atoms with Crippen LogP contribution in [0.2, 0.25) is 0 Å². The summed E-state index contributed by atoms with van der Waals surface area (Å²) in [5, 5.41) is 3.68. The van der Waals surface area contributed by atoms with Crippen molar-refractivity contribution in [3.05, 3.63) is 119 Å². The van der Waals surface area contributed by atoms with E-state index in [4.69, 9.17) is 0 Å². The second-order valence-corrected chi connectivity index (χ2v) is 8.93. The van der Waals surface area contributed by atoms with E-state index in [9.17, 15) is 4.79 Å². The zero-order valence-electron chi connectivity index (χ0n) is 16.8. The van der Waals surface area contributed by atoms with Crippen molar-refractivity contribution in [2.24, 2.45) is 0 Å². The number of allylic oxidation sites excluding steroid dienone is 1. The number of ketones is 1. The van der Waals surface area contributed by atoms with Crippen molar-refractivity contribution in [1.29, 1.82) is 0 Å². The largest absolute Gasteiger partial charge is 0.342 e. The monoisotopic (exact) mass is 417 g/mol. The quantitative estimate of drug-likeness (QED) is 0.290. The van der Waals surface area contributed by atoms with Crippen LogP contribution in [0.1, 0.15) is 21.5 Å². The molecule has 0 amide bonds. The molecule has 3 heteroatoms. The highest BCUT2D eigenvalue weighted by Gasteiger charge is 2.25. The molecule has 0 atom stereocenters. The van der Waals surface area contributed by atoms with Gasteiger partial charge in [0.15, 0.2) is 0 Å². The van der Waals surface area contributed by atoms with Crippen molar-refractivity contribution >= 4 is 45.3 Å². The molecule has 0 radical (unpaired) electrons. The molecular weight excluding hydrogens is 398 g/mol. The van der Waals surface area contributed by atoms with Crippen molar-refractivity contribution in [2.75, 3.05) is 0 Å². The van der Waals surface area contributed by atoms with Crippen LogP contribution < -0.4 is 0 Å². The summed E-state index contributed by atoms with van der Waals surface area (Å²) in [6.45, 7) is 0.788. The van der Waals surface area contributed by atoms with Gasteiger partial charge in [0.1, 0.15) is 0 Å². The number of carbonyl (C=O) groups excluding carboxylic acids is 1. The summed E-state index contributed by atoms with van der Waals surface area (Å²) in [5.74, 6) is 0.118. The van der Waals surface area contributed by atoms with E-state index >= 15 is 0 Å². The predicted molar refractivity (Wildman–Crippen MR) is 130 cm³/mol. The molecule has 1 aromatic heterocycles. The van der Waals surface area contributed by atoms with Crippen molar-refractivity contribution in [2.45, 2.75) is 11.4 Å². The van der Waals surface area contributed by atoms with Gasteiger partial charge in [-0.3, -0.25) is 4.79 Å². The Bertz CT molecular complexity index is 1510. The summed E-state index contributed by atoms with van der Waals surface area (Å²) in [5.41, 5.74) is 4.33. The van der Waals surface area contributed by atoms with Crippen LogP contribution in [0.25, 0.3) is 27.8 Å². The highest BCUT2D eigenvalue weighted by atomic mass is 32.2. The molecular formula is C28H19NOS. The summed E-state index contributed by atoms with van der Waals surface area (Å²) in [6.07, 6.45) is 4.22. The Kier molecular flexibility index (Phi) is 4.29. The molecule has 0 unspecified atom stereocenters. The molecule has 0 bridgehead atoms. The number of thioether (sulfide) groups is 1. The number of para-hydroxylation sites is 1. The summed E-state index contributed by atoms with van der Waals surface area (Å²) in [7, 11) is 0. The van der Waals surface area contributed by atoms with E-state index < -0.39 is 0 Å². The fourth-order valence-electron chi connectivity index (χ4n) is 4.33. The van der Waals surface area contributed by atoms with E-state index in [0.717, 1.165) is 27.5 Å². The Balaban J connectivity index is 1.41. The Hall–Kier alpha value is -3.56. The first kappa shape index (κ1) is 18.2. The lowest BCUT2D eigenvalue weighted by molar-refractivity contribution is 0.104. The van der Waals surface area contributed by atoms with Gasteiger partial charge < -0.3 is 4.57 Å². The van der Waals surface area contributed by atoms with Crippen LogP contribution in [-0.2, 0) is 6.54 Å². The molecule has 1 aliphatic rings. The van der Waals surface area contributed by atoms with Gasteiger partial charge in [0.25, 0.3) is 0 Å². The lowest BCUT2D eigenvalue weighted by Crippen LogP contribution is -1.97. The molecule has 6 rings (SSSR count). The van der Waals surface area contributed by atoms with E-state index in [0.29, 0.717) is 0 Å². The minimum Gasteiger partial charge on any atom is -0.342 e. The molecule has 1 aliphatic heterocycles. The van der Waals surface area contributed by atoms with Gasteiger partial charge in [0, 0.05) is 39.7 Å². The number of carbonyl (C=O) groups is 1. The first-order valence-electron chi connectivity index (χ1n) is 10.4. The number of hydrogen-bond acceptors (Lipinski definition) is 2. The number of rotatable bonds is 3. The number of fused-ring (bicyclic) bond motifs is 3. The van der Waals surface area contributed by atoms with Gasteiger partial charge in [0.2, 0.25) is 5.78 Å². The van der Waals surface area contributed by atoms with Crippen LogP contribution in [0.15, 0.2) is 107 Å². The van der Waals surface area contributed by atoms with E-state index in [1.807, 2.05) is 30.3 Å². The number of nitrogens with zero attached hydrogens (tertiary/aromatic N) is 1. The van der Waals surface area contributed by atoms with Crippen LogP contribution in [0, 0.1) is 0 Å². The summed E-state index contributed by atoms with van der Waals surface area (Å²) in [4.78, 5) is 14.7. The van der Waals surface area contributed by atoms with Crippen LogP contribution in [0.3, 0.4) is 0 Å². The van der Waals surface area contributed by atoms with Crippen molar-refractivity contribution in [3.63, 3.8) is 0 Å². The fraction of sp³-hybridized carbons (Fsp3) is 0.0357. The molecule has 2 heterocycles. The van der Waals surface area contributed by atoms with Crippen LogP contribution in [0.5, 0.6) is 0 Å². The second kappa shape index (κ2) is 7.29. The lowest BCUT2D eigenvalue weighted by Gasteiger charge is -2.07. The second-order valence-electron chi connectivity index (χ2n) is 7.85. The molecule has 0 saturated heterocycles. The molecule has 0 aliphatic carbocycles. The average molecular weight is 418 g/mol. The smallest absolute Gasteiger partial charge is 0.200 e. The maximum atomic E-state index is 12.9. The molecule has 4 aromatic carbocycles. The molecule has 2 nitrogen and oxygen atoms in total. The number of benzene rings is 4. The lowest BCUT2D eigenvalue weighted by atomic mass is 10.1. The van der Waals surface area contributed by atoms with Gasteiger partial charge in [-0.15, -0.1) is 0 Å². The third-order valence-electron chi connectivity index (χ3n) is 5.85. The molecule has 148 valence electrons. The van der Waals surface area contributed by atoms with Gasteiger partial charge in [-0.25, -0.2) is 0 Å². The van der Waals surface area contributed by atoms with Crippen LogP contribution in [0.4, 0.5) is 0 Å². The van der Waals surface area contributed by atoms with Crippen LogP contribution in [-0.4, -0.2) is 10.4 Å². The standard InChI is InChI=1S/C28H19NOS/c30-28-24-10-4-6-12-26(24)31-27(28)16-22-18-29(25-11-5-3-9-23(22)25)17-19-13-14-20-7-1-2-8-21(20)15-19/h1-16,18H,17H2/b27-16+. The molecule has 0 spiro atoms. The van der Waals surface area contributed by atoms with Gasteiger partial charge in [-0.05, 0) is 46.7 Å². The summed E-state index contributed by atoms with van der Waals surface area (Å²) < 4.78 is 2.28. The number of Topliss-reactive ketones (excluding diaryl/α,β-unsaturated/α-hetero) is 1. The molecule has 5 aromatic rings. The summed E-state index contributed by atoms with van der Waals surface area (Å²) >= 11 is 1.56. The SMILES string of the molecule is O=C1/C(=C\c2cn(Cc3ccc4ccccc4c3)c3ccccc23)Sc2ccccc21. The maximum absolute atomic E-state index is 12.9. The Morgan fingerprint density at radius 2 is 1.58 bits per heavy atom. The van der Waals surface area contributed by atoms with Gasteiger partial charge in [0.05, 0.1) is 4.91 Å². The Labute approximate surface area is 184 Å². The predicted octanol–water partition coefficient (Wildman–Crippen LogP) is 7.17. The summed E-state index contributed by atoms with van der Waals surface area (Å²) in [6, 6.07) is 31.3. The Morgan fingerprint density at radius 1 is 0.806 bits per heavy atom.